The summed E-state index contributed by atoms with van der Waals surface area (Å²) in [5, 5.41) is 0. The number of ether oxygens (including phenoxy) is 1. The highest BCUT2D eigenvalue weighted by atomic mass is 16.5. The van der Waals surface area contributed by atoms with Gasteiger partial charge in [-0.3, -0.25) is 0 Å². The molecule has 2 heteroatoms. The zero-order chi connectivity index (χ0) is 9.10. The Bertz CT molecular complexity index is 254. The molecule has 1 heterocycles. The molecule has 1 saturated heterocycles. The molecular formula is C11H15NO. The van der Waals surface area contributed by atoms with Crippen LogP contribution < -0.4 is 0 Å². The third-order valence-electron chi connectivity index (χ3n) is 2.36. The van der Waals surface area contributed by atoms with Crippen molar-refractivity contribution in [2.24, 2.45) is 0 Å². The molecule has 0 amide bonds. The molecule has 1 aromatic rings. The molecule has 0 unspecified atom stereocenters. The van der Waals surface area contributed by atoms with Gasteiger partial charge in [0.25, 0.3) is 0 Å². The lowest BCUT2D eigenvalue weighted by atomic mass is 10.2. The molecule has 0 N–H and O–H groups in total. The third-order valence-corrected chi connectivity index (χ3v) is 2.36. The molecule has 0 aromatic heterocycles. The van der Waals surface area contributed by atoms with Gasteiger partial charge < -0.3 is 9.64 Å². The molecule has 1 aliphatic rings. The van der Waals surface area contributed by atoms with Gasteiger partial charge in [-0.05, 0) is 12.6 Å². The predicted molar refractivity (Wildman–Crippen MR) is 52.5 cm³/mol. The second-order valence-electron chi connectivity index (χ2n) is 3.64. The Morgan fingerprint density at radius 2 is 2.00 bits per heavy atom. The number of hydrogen-bond donors (Lipinski definition) is 0. The molecule has 0 atom stereocenters. The highest BCUT2D eigenvalue weighted by molar-refractivity contribution is 5.13. The van der Waals surface area contributed by atoms with Crippen LogP contribution in [0, 0.1) is 0 Å². The summed E-state index contributed by atoms with van der Waals surface area (Å²) in [4.78, 5) is 2.26. The predicted octanol–water partition coefficient (Wildman–Crippen LogP) is 1.52. The van der Waals surface area contributed by atoms with Crippen molar-refractivity contribution < 1.29 is 4.74 Å². The van der Waals surface area contributed by atoms with Crippen molar-refractivity contribution in [3.8, 4) is 0 Å². The van der Waals surface area contributed by atoms with E-state index >= 15 is 0 Å². The van der Waals surface area contributed by atoms with Gasteiger partial charge in [0.05, 0.1) is 12.7 Å². The summed E-state index contributed by atoms with van der Waals surface area (Å²) in [6, 6.07) is 10.3. The van der Waals surface area contributed by atoms with E-state index in [1.165, 1.54) is 5.56 Å². The molecule has 0 spiro atoms. The second kappa shape index (κ2) is 3.90. The number of benzene rings is 1. The summed E-state index contributed by atoms with van der Waals surface area (Å²) < 4.78 is 5.69. The molecule has 1 aliphatic heterocycles. The molecule has 70 valence electrons. The van der Waals surface area contributed by atoms with Crippen molar-refractivity contribution in [1.82, 2.24) is 4.90 Å². The topological polar surface area (TPSA) is 12.5 Å². The highest BCUT2D eigenvalue weighted by Gasteiger charge is 2.23. The standard InChI is InChI=1S/C11H15NO/c1-12-7-11(8-12)13-9-10-5-3-2-4-6-10/h2-6,11H,7-9H2,1H3. The minimum absolute atomic E-state index is 0.449. The summed E-state index contributed by atoms with van der Waals surface area (Å²) in [7, 11) is 2.11. The number of hydrogen-bond acceptors (Lipinski definition) is 2. The van der Waals surface area contributed by atoms with Crippen molar-refractivity contribution >= 4 is 0 Å². The Balaban J connectivity index is 1.74. The summed E-state index contributed by atoms with van der Waals surface area (Å²) >= 11 is 0. The fourth-order valence-electron chi connectivity index (χ4n) is 1.54. The van der Waals surface area contributed by atoms with Crippen LogP contribution in [0.2, 0.25) is 0 Å². The Kier molecular flexibility index (Phi) is 2.62. The van der Waals surface area contributed by atoms with Crippen molar-refractivity contribution in [2.75, 3.05) is 20.1 Å². The van der Waals surface area contributed by atoms with E-state index in [2.05, 4.69) is 24.1 Å². The first kappa shape index (κ1) is 8.73. The summed E-state index contributed by atoms with van der Waals surface area (Å²) in [5.41, 5.74) is 1.26. The third kappa shape index (κ3) is 2.29. The van der Waals surface area contributed by atoms with Crippen LogP contribution in [0.1, 0.15) is 5.56 Å². The van der Waals surface area contributed by atoms with Crippen LogP contribution in [-0.2, 0) is 11.3 Å². The first-order chi connectivity index (χ1) is 6.34. The molecule has 0 bridgehead atoms. The summed E-state index contributed by atoms with van der Waals surface area (Å²) in [6.07, 6.45) is 0.449. The normalized spacial score (nSPS) is 18.5. The number of rotatable bonds is 3. The van der Waals surface area contributed by atoms with Gasteiger partial charge in [-0.1, -0.05) is 30.3 Å². The van der Waals surface area contributed by atoms with E-state index in [1.807, 2.05) is 18.2 Å². The molecule has 0 aliphatic carbocycles. The van der Waals surface area contributed by atoms with E-state index in [4.69, 9.17) is 4.74 Å². The molecule has 1 fully saturated rings. The molecule has 2 rings (SSSR count). The van der Waals surface area contributed by atoms with Crippen LogP contribution in [0.15, 0.2) is 30.3 Å². The SMILES string of the molecule is CN1CC(OCc2ccccc2)C1. The Morgan fingerprint density at radius 3 is 2.62 bits per heavy atom. The molecule has 0 saturated carbocycles. The smallest absolute Gasteiger partial charge is 0.0832 e. The fourth-order valence-corrected chi connectivity index (χ4v) is 1.54. The van der Waals surface area contributed by atoms with E-state index in [-0.39, 0.29) is 0 Å². The van der Waals surface area contributed by atoms with Crippen molar-refractivity contribution in [3.63, 3.8) is 0 Å². The Morgan fingerprint density at radius 1 is 1.31 bits per heavy atom. The maximum absolute atomic E-state index is 5.69. The van der Waals surface area contributed by atoms with Crippen LogP contribution >= 0.6 is 0 Å². The van der Waals surface area contributed by atoms with Gasteiger partial charge >= 0.3 is 0 Å². The molecule has 1 aromatic carbocycles. The first-order valence-corrected chi connectivity index (χ1v) is 4.68. The maximum atomic E-state index is 5.69. The highest BCUT2D eigenvalue weighted by Crippen LogP contribution is 2.11. The van der Waals surface area contributed by atoms with Crippen LogP contribution in [0.4, 0.5) is 0 Å². The van der Waals surface area contributed by atoms with Gasteiger partial charge in [0, 0.05) is 13.1 Å². The monoisotopic (exact) mass is 177 g/mol. The van der Waals surface area contributed by atoms with E-state index < -0.39 is 0 Å². The molecule has 0 radical (unpaired) electrons. The van der Waals surface area contributed by atoms with Crippen molar-refractivity contribution in [2.45, 2.75) is 12.7 Å². The number of nitrogens with zero attached hydrogens (tertiary/aromatic N) is 1. The van der Waals surface area contributed by atoms with Crippen LogP contribution in [0.5, 0.6) is 0 Å². The lowest BCUT2D eigenvalue weighted by Crippen LogP contribution is -2.49. The fraction of sp³-hybridized carbons (Fsp3) is 0.455. The molecular weight excluding hydrogens is 162 g/mol. The number of likely N-dealkylation sites (tertiary alicyclic amines) is 1. The van der Waals surface area contributed by atoms with Crippen LogP contribution in [0.25, 0.3) is 0 Å². The maximum Gasteiger partial charge on any atom is 0.0832 e. The molecule has 2 nitrogen and oxygen atoms in total. The quantitative estimate of drug-likeness (QED) is 0.694. The van der Waals surface area contributed by atoms with Gasteiger partial charge in [0.15, 0.2) is 0 Å². The summed E-state index contributed by atoms with van der Waals surface area (Å²) in [5.74, 6) is 0. The molecule has 13 heavy (non-hydrogen) atoms. The van der Waals surface area contributed by atoms with Crippen LogP contribution in [-0.4, -0.2) is 31.1 Å². The van der Waals surface area contributed by atoms with Gasteiger partial charge in [0.1, 0.15) is 0 Å². The average molecular weight is 177 g/mol. The minimum atomic E-state index is 0.449. The lowest BCUT2D eigenvalue weighted by Gasteiger charge is -2.35. The van der Waals surface area contributed by atoms with Gasteiger partial charge in [0.2, 0.25) is 0 Å². The zero-order valence-electron chi connectivity index (χ0n) is 7.94. The largest absolute Gasteiger partial charge is 0.371 e. The number of likely N-dealkylation sites (N-methyl/N-ethyl adjacent to an activating group) is 1. The summed E-state index contributed by atoms with van der Waals surface area (Å²) in [6.45, 7) is 2.90. The second-order valence-corrected chi connectivity index (χ2v) is 3.64. The average Bonchev–Trinajstić information content (AvgIpc) is 2.12. The van der Waals surface area contributed by atoms with E-state index in [1.54, 1.807) is 0 Å². The van der Waals surface area contributed by atoms with Crippen LogP contribution in [0.3, 0.4) is 0 Å². The van der Waals surface area contributed by atoms with E-state index in [9.17, 15) is 0 Å². The van der Waals surface area contributed by atoms with Crippen molar-refractivity contribution in [1.29, 1.82) is 0 Å². The van der Waals surface area contributed by atoms with E-state index in [0.717, 1.165) is 19.7 Å². The Hall–Kier alpha value is -0.860. The minimum Gasteiger partial charge on any atom is -0.371 e. The van der Waals surface area contributed by atoms with Gasteiger partial charge in [-0.15, -0.1) is 0 Å². The lowest BCUT2D eigenvalue weighted by molar-refractivity contribution is -0.0518. The Labute approximate surface area is 79.1 Å². The van der Waals surface area contributed by atoms with E-state index in [0.29, 0.717) is 6.10 Å². The van der Waals surface area contributed by atoms with Gasteiger partial charge in [-0.2, -0.15) is 0 Å². The zero-order valence-corrected chi connectivity index (χ0v) is 7.94. The first-order valence-electron chi connectivity index (χ1n) is 4.68. The van der Waals surface area contributed by atoms with Gasteiger partial charge in [-0.25, -0.2) is 0 Å². The van der Waals surface area contributed by atoms with Crippen molar-refractivity contribution in [3.05, 3.63) is 35.9 Å².